The molecule has 126 valence electrons. The maximum atomic E-state index is 11.2. The van der Waals surface area contributed by atoms with Crippen LogP contribution in [0.5, 0.6) is 0 Å². The second kappa shape index (κ2) is 13.2. The Bertz CT molecular complexity index is 551. The number of hydrogen-bond donors (Lipinski definition) is 2. The highest BCUT2D eigenvalue weighted by molar-refractivity contribution is 7.10. The maximum Gasteiger partial charge on any atom is 0.433 e. The third-order valence-corrected chi connectivity index (χ3v) is 3.03. The fourth-order valence-corrected chi connectivity index (χ4v) is 1.78. The van der Waals surface area contributed by atoms with Gasteiger partial charge in [-0.1, -0.05) is 6.07 Å². The molecule has 1 aromatic rings. The largest absolute Gasteiger partial charge is 0.469 e. The molecule has 0 saturated carbocycles. The van der Waals surface area contributed by atoms with Crippen molar-refractivity contribution in [1.82, 2.24) is 0 Å². The first kappa shape index (κ1) is 20.6. The zero-order chi connectivity index (χ0) is 17.5. The molecule has 0 aliphatic carbocycles. The molecular formula is C15H21N3O4S. The standard InChI is InChI=1S/C14H16N2O4S.CH5N/c1-19-13(17)7-9-20-14(18)16-8-6-11(15)4-5-12-3-2-10-21-12;1-2/h2-6,8,10H,7,9,15H2,1H3;2H2,1H3/b5-4+,11-6-,16-8+;. The highest BCUT2D eigenvalue weighted by Gasteiger charge is 2.02. The summed E-state index contributed by atoms with van der Waals surface area (Å²) >= 11 is 1.59. The number of hydrogen-bond acceptors (Lipinski definition) is 7. The molecule has 0 bridgehead atoms. The fraction of sp³-hybridized carbons (Fsp3) is 0.267. The maximum absolute atomic E-state index is 11.2. The molecule has 0 fully saturated rings. The van der Waals surface area contributed by atoms with E-state index in [9.17, 15) is 9.59 Å². The first-order valence-corrected chi connectivity index (χ1v) is 7.52. The summed E-state index contributed by atoms with van der Waals surface area (Å²) in [6.07, 6.45) is 5.50. The third kappa shape index (κ3) is 10.9. The summed E-state index contributed by atoms with van der Waals surface area (Å²) < 4.78 is 9.09. The Morgan fingerprint density at radius 1 is 1.39 bits per heavy atom. The molecule has 0 atom stereocenters. The molecule has 7 nitrogen and oxygen atoms in total. The van der Waals surface area contributed by atoms with Gasteiger partial charge in [-0.2, -0.15) is 4.99 Å². The van der Waals surface area contributed by atoms with Crippen LogP contribution in [0.25, 0.3) is 6.08 Å². The van der Waals surface area contributed by atoms with Gasteiger partial charge >= 0.3 is 12.1 Å². The van der Waals surface area contributed by atoms with Crippen LogP contribution in [0.2, 0.25) is 0 Å². The smallest absolute Gasteiger partial charge is 0.433 e. The minimum absolute atomic E-state index is 0.000705. The van der Waals surface area contributed by atoms with E-state index < -0.39 is 12.1 Å². The molecule has 0 radical (unpaired) electrons. The molecule has 0 unspecified atom stereocenters. The van der Waals surface area contributed by atoms with Gasteiger partial charge in [-0.15, -0.1) is 11.3 Å². The first-order valence-electron chi connectivity index (χ1n) is 6.64. The van der Waals surface area contributed by atoms with Crippen molar-refractivity contribution in [1.29, 1.82) is 0 Å². The molecule has 0 saturated heterocycles. The van der Waals surface area contributed by atoms with Crippen LogP contribution in [0.4, 0.5) is 4.79 Å². The lowest BCUT2D eigenvalue weighted by Gasteiger charge is -1.99. The number of aliphatic imine (C=N–C) groups is 1. The molecule has 1 amide bonds. The summed E-state index contributed by atoms with van der Waals surface area (Å²) in [4.78, 5) is 26.5. The van der Waals surface area contributed by atoms with Crippen LogP contribution in [-0.2, 0) is 14.3 Å². The van der Waals surface area contributed by atoms with Crippen molar-refractivity contribution in [3.05, 3.63) is 40.2 Å². The van der Waals surface area contributed by atoms with E-state index in [1.54, 1.807) is 17.4 Å². The number of carbonyl (C=O) groups excluding carboxylic acids is 2. The third-order valence-electron chi connectivity index (χ3n) is 2.19. The monoisotopic (exact) mass is 339 g/mol. The summed E-state index contributed by atoms with van der Waals surface area (Å²) in [5.41, 5.74) is 10.7. The van der Waals surface area contributed by atoms with E-state index in [4.69, 9.17) is 10.5 Å². The summed E-state index contributed by atoms with van der Waals surface area (Å²) in [6.45, 7) is -0.0691. The van der Waals surface area contributed by atoms with Crippen LogP contribution in [0.3, 0.4) is 0 Å². The lowest BCUT2D eigenvalue weighted by Crippen LogP contribution is -2.08. The van der Waals surface area contributed by atoms with Crippen LogP contribution in [-0.4, -0.2) is 39.0 Å². The van der Waals surface area contributed by atoms with Crippen LogP contribution < -0.4 is 11.5 Å². The molecule has 0 aromatic carbocycles. The Labute approximate surface area is 139 Å². The molecule has 0 aliphatic heterocycles. The van der Waals surface area contributed by atoms with Gasteiger partial charge in [-0.05, 0) is 36.7 Å². The van der Waals surface area contributed by atoms with Gasteiger partial charge in [0.15, 0.2) is 0 Å². The van der Waals surface area contributed by atoms with Gasteiger partial charge < -0.3 is 20.9 Å². The Balaban J connectivity index is 0.00000232. The molecule has 1 heterocycles. The topological polar surface area (TPSA) is 117 Å². The molecule has 0 aliphatic rings. The average molecular weight is 339 g/mol. The van der Waals surface area contributed by atoms with Crippen molar-refractivity contribution in [2.75, 3.05) is 20.8 Å². The number of thiophene rings is 1. The predicted molar refractivity (Wildman–Crippen MR) is 92.2 cm³/mol. The lowest BCUT2D eigenvalue weighted by molar-refractivity contribution is -0.141. The number of nitrogens with two attached hydrogens (primary N) is 2. The zero-order valence-electron chi connectivity index (χ0n) is 13.1. The number of ether oxygens (including phenoxy) is 2. The second-order valence-electron chi connectivity index (χ2n) is 3.73. The Morgan fingerprint density at radius 2 is 2.13 bits per heavy atom. The number of methoxy groups -OCH3 is 1. The quantitative estimate of drug-likeness (QED) is 0.465. The normalized spacial score (nSPS) is 11.2. The lowest BCUT2D eigenvalue weighted by atomic mass is 10.3. The fourth-order valence-electron chi connectivity index (χ4n) is 1.17. The average Bonchev–Trinajstić information content (AvgIpc) is 3.08. The molecule has 1 aromatic heterocycles. The van der Waals surface area contributed by atoms with Gasteiger partial charge in [0.05, 0.1) is 13.5 Å². The van der Waals surface area contributed by atoms with Gasteiger partial charge in [-0.25, -0.2) is 4.79 Å². The van der Waals surface area contributed by atoms with Crippen molar-refractivity contribution in [2.45, 2.75) is 6.42 Å². The van der Waals surface area contributed by atoms with Crippen molar-refractivity contribution >= 4 is 35.7 Å². The number of carbonyl (C=O) groups is 2. The number of esters is 1. The summed E-state index contributed by atoms with van der Waals surface area (Å²) in [5, 5.41) is 1.96. The van der Waals surface area contributed by atoms with Crippen LogP contribution in [0.15, 0.2) is 40.4 Å². The van der Waals surface area contributed by atoms with E-state index in [1.807, 2.05) is 23.6 Å². The van der Waals surface area contributed by atoms with Gasteiger partial charge in [0.25, 0.3) is 0 Å². The zero-order valence-corrected chi connectivity index (χ0v) is 13.9. The van der Waals surface area contributed by atoms with E-state index >= 15 is 0 Å². The van der Waals surface area contributed by atoms with Crippen LogP contribution in [0, 0.1) is 0 Å². The van der Waals surface area contributed by atoms with Crippen LogP contribution >= 0.6 is 11.3 Å². The van der Waals surface area contributed by atoms with Gasteiger partial charge in [0.1, 0.15) is 6.61 Å². The highest BCUT2D eigenvalue weighted by Crippen LogP contribution is 2.10. The van der Waals surface area contributed by atoms with E-state index in [1.165, 1.54) is 26.4 Å². The second-order valence-corrected chi connectivity index (χ2v) is 4.71. The minimum atomic E-state index is -0.787. The Kier molecular flexibility index (Phi) is 11.8. The number of nitrogens with zero attached hydrogens (tertiary/aromatic N) is 1. The highest BCUT2D eigenvalue weighted by atomic mass is 32.1. The van der Waals surface area contributed by atoms with Gasteiger partial charge in [0.2, 0.25) is 0 Å². The van der Waals surface area contributed by atoms with Gasteiger partial charge in [-0.3, -0.25) is 4.79 Å². The number of allylic oxidation sites excluding steroid dienone is 2. The Morgan fingerprint density at radius 3 is 2.74 bits per heavy atom. The van der Waals surface area contributed by atoms with E-state index in [0.717, 1.165) is 4.88 Å². The van der Waals surface area contributed by atoms with E-state index in [2.05, 4.69) is 15.5 Å². The van der Waals surface area contributed by atoms with Crippen molar-refractivity contribution in [2.24, 2.45) is 16.5 Å². The van der Waals surface area contributed by atoms with Crippen molar-refractivity contribution in [3.63, 3.8) is 0 Å². The SMILES string of the molecule is CN.COC(=O)CCOC(=O)/N=C/C=C(N)/C=C/c1cccs1. The van der Waals surface area contributed by atoms with Crippen molar-refractivity contribution in [3.8, 4) is 0 Å². The molecule has 0 spiro atoms. The minimum Gasteiger partial charge on any atom is -0.469 e. The van der Waals surface area contributed by atoms with Gasteiger partial charge in [0, 0.05) is 16.8 Å². The van der Waals surface area contributed by atoms with E-state index in [-0.39, 0.29) is 13.0 Å². The summed E-state index contributed by atoms with van der Waals surface area (Å²) in [6, 6.07) is 3.90. The number of rotatable bonds is 6. The first-order chi connectivity index (χ1) is 11.1. The molecule has 23 heavy (non-hydrogen) atoms. The number of amides is 1. The molecular weight excluding hydrogens is 318 g/mol. The summed E-state index contributed by atoms with van der Waals surface area (Å²) in [7, 11) is 2.76. The summed E-state index contributed by atoms with van der Waals surface area (Å²) in [5.74, 6) is -0.449. The van der Waals surface area contributed by atoms with E-state index in [0.29, 0.717) is 5.70 Å². The van der Waals surface area contributed by atoms with Crippen molar-refractivity contribution < 1.29 is 19.1 Å². The Hall–Kier alpha value is -2.45. The molecule has 8 heteroatoms. The predicted octanol–water partition coefficient (Wildman–Crippen LogP) is 1.95. The molecule has 1 rings (SSSR count). The molecule has 4 N–H and O–H groups in total. The van der Waals surface area contributed by atoms with Crippen LogP contribution in [0.1, 0.15) is 11.3 Å².